The summed E-state index contributed by atoms with van der Waals surface area (Å²) in [6.45, 7) is 7.04. The van der Waals surface area contributed by atoms with Gasteiger partial charge in [-0.15, -0.1) is 0 Å². The minimum Gasteiger partial charge on any atom is -0.336 e. The first-order valence-electron chi connectivity index (χ1n) is 6.35. The van der Waals surface area contributed by atoms with Gasteiger partial charge in [0, 0.05) is 19.2 Å². The summed E-state index contributed by atoms with van der Waals surface area (Å²) in [5.74, 6) is 0.523. The second-order valence-electron chi connectivity index (χ2n) is 5.08. The smallest absolute Gasteiger partial charge is 0.0953 e. The Hall–Kier alpha value is -1.61. The molecule has 0 spiro atoms. The standard InChI is InChI=1S/C15H21N3/c1-10(2)12-6-5-11(3)13(7-12)15-14(8-16)18(4)9-17-15/h5-7,9-10H,8,16H2,1-4H3. The van der Waals surface area contributed by atoms with Crippen molar-refractivity contribution in [2.24, 2.45) is 12.8 Å². The van der Waals surface area contributed by atoms with Crippen molar-refractivity contribution in [1.82, 2.24) is 9.55 Å². The van der Waals surface area contributed by atoms with E-state index in [0.717, 1.165) is 11.4 Å². The van der Waals surface area contributed by atoms with Crippen molar-refractivity contribution in [3.05, 3.63) is 41.3 Å². The summed E-state index contributed by atoms with van der Waals surface area (Å²) in [7, 11) is 1.99. The number of nitrogens with zero attached hydrogens (tertiary/aromatic N) is 2. The second kappa shape index (κ2) is 4.94. The maximum atomic E-state index is 5.82. The monoisotopic (exact) mass is 243 g/mol. The maximum absolute atomic E-state index is 5.82. The largest absolute Gasteiger partial charge is 0.336 e. The van der Waals surface area contributed by atoms with Crippen LogP contribution in [0.25, 0.3) is 11.3 Å². The van der Waals surface area contributed by atoms with Crippen molar-refractivity contribution < 1.29 is 0 Å². The molecule has 0 aliphatic heterocycles. The number of benzene rings is 1. The van der Waals surface area contributed by atoms with Crippen LogP contribution in [0.3, 0.4) is 0 Å². The van der Waals surface area contributed by atoms with Gasteiger partial charge in [-0.05, 0) is 30.0 Å². The first kappa shape index (κ1) is 12.8. The van der Waals surface area contributed by atoms with E-state index in [0.29, 0.717) is 12.5 Å². The maximum Gasteiger partial charge on any atom is 0.0953 e. The fourth-order valence-corrected chi connectivity index (χ4v) is 2.18. The number of aromatic nitrogens is 2. The third-order valence-electron chi connectivity index (χ3n) is 3.44. The first-order chi connectivity index (χ1) is 8.54. The Labute approximate surface area is 109 Å². The van der Waals surface area contributed by atoms with E-state index in [1.165, 1.54) is 16.7 Å². The quantitative estimate of drug-likeness (QED) is 0.900. The minimum absolute atomic E-state index is 0.511. The fraction of sp³-hybridized carbons (Fsp3) is 0.400. The molecule has 3 heteroatoms. The summed E-state index contributed by atoms with van der Waals surface area (Å²) in [5.41, 5.74) is 11.7. The zero-order chi connectivity index (χ0) is 13.3. The summed E-state index contributed by atoms with van der Waals surface area (Å²) >= 11 is 0. The molecule has 3 nitrogen and oxygen atoms in total. The van der Waals surface area contributed by atoms with Crippen LogP contribution >= 0.6 is 0 Å². The fourth-order valence-electron chi connectivity index (χ4n) is 2.18. The molecule has 1 aromatic heterocycles. The van der Waals surface area contributed by atoms with Gasteiger partial charge in [0.2, 0.25) is 0 Å². The number of aryl methyl sites for hydroxylation is 2. The molecule has 0 amide bonds. The van der Waals surface area contributed by atoms with E-state index in [2.05, 4.69) is 44.0 Å². The average Bonchev–Trinajstić information content (AvgIpc) is 2.70. The molecule has 0 radical (unpaired) electrons. The number of hydrogen-bond acceptors (Lipinski definition) is 2. The molecule has 96 valence electrons. The lowest BCUT2D eigenvalue weighted by molar-refractivity contribution is 0.821. The van der Waals surface area contributed by atoms with Gasteiger partial charge in [-0.2, -0.15) is 0 Å². The van der Waals surface area contributed by atoms with Crippen molar-refractivity contribution in [2.45, 2.75) is 33.2 Å². The summed E-state index contributed by atoms with van der Waals surface area (Å²) in [6, 6.07) is 6.59. The van der Waals surface area contributed by atoms with Gasteiger partial charge in [0.1, 0.15) is 0 Å². The third-order valence-corrected chi connectivity index (χ3v) is 3.44. The lowest BCUT2D eigenvalue weighted by atomic mass is 9.95. The molecule has 18 heavy (non-hydrogen) atoms. The van der Waals surface area contributed by atoms with Crippen LogP contribution in [0.1, 0.15) is 36.6 Å². The molecule has 1 heterocycles. The van der Waals surface area contributed by atoms with Gasteiger partial charge in [-0.3, -0.25) is 0 Å². The van der Waals surface area contributed by atoms with Crippen molar-refractivity contribution in [1.29, 1.82) is 0 Å². The predicted molar refractivity (Wildman–Crippen MR) is 75.4 cm³/mol. The highest BCUT2D eigenvalue weighted by atomic mass is 15.0. The molecule has 0 atom stereocenters. The molecule has 2 rings (SSSR count). The van der Waals surface area contributed by atoms with Gasteiger partial charge in [0.15, 0.2) is 0 Å². The van der Waals surface area contributed by atoms with Crippen molar-refractivity contribution in [3.8, 4) is 11.3 Å². The van der Waals surface area contributed by atoms with Gasteiger partial charge in [0.05, 0.1) is 17.7 Å². The average molecular weight is 243 g/mol. The zero-order valence-electron chi connectivity index (χ0n) is 11.6. The van der Waals surface area contributed by atoms with Gasteiger partial charge in [0.25, 0.3) is 0 Å². The van der Waals surface area contributed by atoms with Gasteiger partial charge in [-0.25, -0.2) is 4.98 Å². The van der Waals surface area contributed by atoms with Gasteiger partial charge in [-0.1, -0.05) is 26.0 Å². The molecule has 0 saturated heterocycles. The summed E-state index contributed by atoms with van der Waals surface area (Å²) < 4.78 is 2.00. The van der Waals surface area contributed by atoms with Gasteiger partial charge < -0.3 is 10.3 Å². The molecule has 0 aliphatic carbocycles. The van der Waals surface area contributed by atoms with Gasteiger partial charge >= 0.3 is 0 Å². The predicted octanol–water partition coefficient (Wildman–Crippen LogP) is 2.98. The van der Waals surface area contributed by atoms with E-state index in [1.807, 2.05) is 17.9 Å². The van der Waals surface area contributed by atoms with E-state index in [4.69, 9.17) is 5.73 Å². The Morgan fingerprint density at radius 3 is 2.67 bits per heavy atom. The molecule has 0 aliphatic rings. The third kappa shape index (κ3) is 2.18. The van der Waals surface area contributed by atoms with E-state index < -0.39 is 0 Å². The topological polar surface area (TPSA) is 43.8 Å². The number of nitrogens with two attached hydrogens (primary N) is 1. The Kier molecular flexibility index (Phi) is 3.53. The SMILES string of the molecule is Cc1ccc(C(C)C)cc1-c1ncn(C)c1CN. The van der Waals surface area contributed by atoms with E-state index in [9.17, 15) is 0 Å². The van der Waals surface area contributed by atoms with E-state index in [1.54, 1.807) is 0 Å². The summed E-state index contributed by atoms with van der Waals surface area (Å²) in [5, 5.41) is 0. The highest BCUT2D eigenvalue weighted by Crippen LogP contribution is 2.28. The lowest BCUT2D eigenvalue weighted by Crippen LogP contribution is -2.04. The molecule has 2 N–H and O–H groups in total. The Morgan fingerprint density at radius 2 is 2.06 bits per heavy atom. The molecule has 1 aromatic carbocycles. The minimum atomic E-state index is 0.511. The van der Waals surface area contributed by atoms with Crippen LogP contribution in [-0.4, -0.2) is 9.55 Å². The number of imidazole rings is 1. The lowest BCUT2D eigenvalue weighted by Gasteiger charge is -2.11. The van der Waals surface area contributed by atoms with Crippen LogP contribution in [0.4, 0.5) is 0 Å². The molecule has 0 bridgehead atoms. The van der Waals surface area contributed by atoms with E-state index in [-0.39, 0.29) is 0 Å². The Bertz CT molecular complexity index is 553. The second-order valence-corrected chi connectivity index (χ2v) is 5.08. The Morgan fingerprint density at radius 1 is 1.33 bits per heavy atom. The molecule has 0 fully saturated rings. The van der Waals surface area contributed by atoms with Crippen molar-refractivity contribution in [2.75, 3.05) is 0 Å². The molecular weight excluding hydrogens is 222 g/mol. The number of rotatable bonds is 3. The molecule has 0 unspecified atom stereocenters. The van der Waals surface area contributed by atoms with Crippen LogP contribution in [0.15, 0.2) is 24.5 Å². The highest BCUT2D eigenvalue weighted by Gasteiger charge is 2.13. The van der Waals surface area contributed by atoms with Crippen molar-refractivity contribution >= 4 is 0 Å². The molecule has 2 aromatic rings. The summed E-state index contributed by atoms with van der Waals surface area (Å²) in [6.07, 6.45) is 1.83. The van der Waals surface area contributed by atoms with Crippen LogP contribution in [-0.2, 0) is 13.6 Å². The van der Waals surface area contributed by atoms with Crippen LogP contribution in [0.5, 0.6) is 0 Å². The molecular formula is C15H21N3. The zero-order valence-corrected chi connectivity index (χ0v) is 11.6. The first-order valence-corrected chi connectivity index (χ1v) is 6.35. The van der Waals surface area contributed by atoms with Crippen LogP contribution in [0, 0.1) is 6.92 Å². The normalized spacial score (nSPS) is 11.2. The van der Waals surface area contributed by atoms with Crippen molar-refractivity contribution in [3.63, 3.8) is 0 Å². The highest BCUT2D eigenvalue weighted by molar-refractivity contribution is 5.67. The van der Waals surface area contributed by atoms with E-state index >= 15 is 0 Å². The molecule has 0 saturated carbocycles. The summed E-state index contributed by atoms with van der Waals surface area (Å²) in [4.78, 5) is 4.50. The van der Waals surface area contributed by atoms with Crippen LogP contribution < -0.4 is 5.73 Å². The number of hydrogen-bond donors (Lipinski definition) is 1. The Balaban J connectivity index is 2.59. The van der Waals surface area contributed by atoms with Crippen LogP contribution in [0.2, 0.25) is 0 Å².